The van der Waals surface area contributed by atoms with Crippen LogP contribution in [0.2, 0.25) is 0 Å². The van der Waals surface area contributed by atoms with Crippen molar-refractivity contribution in [3.8, 4) is 0 Å². The zero-order valence-corrected chi connectivity index (χ0v) is 7.71. The topological polar surface area (TPSA) is 9.23 Å². The average molecular weight is 154 g/mol. The lowest BCUT2D eigenvalue weighted by Crippen LogP contribution is -2.19. The first-order chi connectivity index (χ1) is 5.18. The number of hydrogen-bond acceptors (Lipinski definition) is 1. The van der Waals surface area contributed by atoms with E-state index in [-0.39, 0.29) is 0 Å². The molecule has 1 aliphatic heterocycles. The zero-order valence-electron chi connectivity index (χ0n) is 7.71. The summed E-state index contributed by atoms with van der Waals surface area (Å²) in [5, 5.41) is 0. The molecule has 2 unspecified atom stereocenters. The highest BCUT2D eigenvalue weighted by Gasteiger charge is 2.16. The maximum atomic E-state index is 5.48. The molecule has 0 aromatic heterocycles. The first-order valence-corrected chi connectivity index (χ1v) is 4.50. The van der Waals surface area contributed by atoms with Crippen LogP contribution in [0.1, 0.15) is 33.6 Å². The lowest BCUT2D eigenvalue weighted by atomic mass is 9.95. The van der Waals surface area contributed by atoms with E-state index in [0.29, 0.717) is 12.0 Å². The monoisotopic (exact) mass is 154 g/mol. The Morgan fingerprint density at radius 2 is 2.27 bits per heavy atom. The Bertz CT molecular complexity index is 138. The second-order valence-corrected chi connectivity index (χ2v) is 3.93. The van der Waals surface area contributed by atoms with Crippen LogP contribution in [0.5, 0.6) is 0 Å². The Kier molecular flexibility index (Phi) is 2.98. The molecule has 0 aromatic rings. The fourth-order valence-electron chi connectivity index (χ4n) is 1.52. The highest BCUT2D eigenvalue weighted by Crippen LogP contribution is 2.21. The Morgan fingerprint density at radius 3 is 2.82 bits per heavy atom. The third-order valence-corrected chi connectivity index (χ3v) is 2.05. The lowest BCUT2D eigenvalue weighted by molar-refractivity contribution is 0.0897. The van der Waals surface area contributed by atoms with Crippen molar-refractivity contribution in [1.29, 1.82) is 0 Å². The van der Waals surface area contributed by atoms with Gasteiger partial charge < -0.3 is 4.74 Å². The van der Waals surface area contributed by atoms with Gasteiger partial charge in [-0.2, -0.15) is 0 Å². The summed E-state index contributed by atoms with van der Waals surface area (Å²) in [6.07, 6.45) is 6.84. The predicted octanol–water partition coefficient (Wildman–Crippen LogP) is 2.97. The normalized spacial score (nSPS) is 30.5. The van der Waals surface area contributed by atoms with E-state index in [4.69, 9.17) is 4.74 Å². The second-order valence-electron chi connectivity index (χ2n) is 3.93. The summed E-state index contributed by atoms with van der Waals surface area (Å²) in [5.74, 6) is 1.45. The van der Waals surface area contributed by atoms with E-state index in [1.54, 1.807) is 0 Å². The van der Waals surface area contributed by atoms with Crippen LogP contribution >= 0.6 is 0 Å². The largest absolute Gasteiger partial charge is 0.498 e. The molecule has 1 aliphatic rings. The Hall–Kier alpha value is -0.460. The van der Waals surface area contributed by atoms with Crippen LogP contribution in [0.15, 0.2) is 12.3 Å². The van der Waals surface area contributed by atoms with Crippen molar-refractivity contribution in [2.24, 2.45) is 11.8 Å². The lowest BCUT2D eigenvalue weighted by Gasteiger charge is -2.24. The van der Waals surface area contributed by atoms with Gasteiger partial charge in [0.25, 0.3) is 0 Å². The van der Waals surface area contributed by atoms with Crippen molar-refractivity contribution >= 4 is 0 Å². The van der Waals surface area contributed by atoms with E-state index in [1.807, 2.05) is 6.26 Å². The van der Waals surface area contributed by atoms with Crippen molar-refractivity contribution < 1.29 is 4.74 Å². The molecule has 1 heteroatoms. The fourth-order valence-corrected chi connectivity index (χ4v) is 1.52. The molecular weight excluding hydrogens is 136 g/mol. The third kappa shape index (κ3) is 2.96. The van der Waals surface area contributed by atoms with Gasteiger partial charge >= 0.3 is 0 Å². The van der Waals surface area contributed by atoms with Crippen molar-refractivity contribution in [3.05, 3.63) is 12.3 Å². The van der Waals surface area contributed by atoms with Crippen molar-refractivity contribution in [1.82, 2.24) is 0 Å². The Labute approximate surface area is 69.4 Å². The molecule has 0 fully saturated rings. The molecule has 0 N–H and O–H groups in total. The minimum atomic E-state index is 0.468. The van der Waals surface area contributed by atoms with Crippen LogP contribution in [0, 0.1) is 11.8 Å². The number of ether oxygens (including phenoxy) is 1. The molecule has 0 bridgehead atoms. The van der Waals surface area contributed by atoms with E-state index < -0.39 is 0 Å². The van der Waals surface area contributed by atoms with Gasteiger partial charge in [0.05, 0.1) is 12.4 Å². The van der Waals surface area contributed by atoms with Gasteiger partial charge in [-0.05, 0) is 30.8 Å². The molecule has 11 heavy (non-hydrogen) atoms. The number of rotatable bonds is 2. The molecule has 1 nitrogen and oxygen atoms in total. The van der Waals surface area contributed by atoms with Crippen LogP contribution in [-0.4, -0.2) is 6.10 Å². The maximum absolute atomic E-state index is 5.48. The Balaban J connectivity index is 2.31. The second kappa shape index (κ2) is 3.80. The van der Waals surface area contributed by atoms with Crippen LogP contribution in [-0.2, 0) is 4.74 Å². The predicted molar refractivity (Wildman–Crippen MR) is 47.2 cm³/mol. The molecule has 0 saturated heterocycles. The summed E-state index contributed by atoms with van der Waals surface area (Å²) in [5.41, 5.74) is 0. The SMILES string of the molecule is CC(C)CC1CC(C)C=CO1. The standard InChI is InChI=1S/C10H18O/c1-8(2)6-10-7-9(3)4-5-11-10/h4-5,8-10H,6-7H2,1-3H3. The summed E-state index contributed by atoms with van der Waals surface area (Å²) >= 11 is 0. The summed E-state index contributed by atoms with van der Waals surface area (Å²) in [7, 11) is 0. The van der Waals surface area contributed by atoms with Gasteiger partial charge in [-0.15, -0.1) is 0 Å². The van der Waals surface area contributed by atoms with Crippen molar-refractivity contribution in [3.63, 3.8) is 0 Å². The van der Waals surface area contributed by atoms with E-state index in [1.165, 1.54) is 12.8 Å². The number of allylic oxidation sites excluding steroid dienone is 1. The van der Waals surface area contributed by atoms with Crippen LogP contribution in [0.25, 0.3) is 0 Å². The highest BCUT2D eigenvalue weighted by atomic mass is 16.5. The summed E-state index contributed by atoms with van der Waals surface area (Å²) in [4.78, 5) is 0. The molecule has 0 saturated carbocycles. The van der Waals surface area contributed by atoms with Crippen LogP contribution in [0.4, 0.5) is 0 Å². The minimum absolute atomic E-state index is 0.468. The van der Waals surface area contributed by atoms with Gasteiger partial charge in [0.15, 0.2) is 0 Å². The first-order valence-electron chi connectivity index (χ1n) is 4.50. The molecule has 1 rings (SSSR count). The zero-order chi connectivity index (χ0) is 8.27. The van der Waals surface area contributed by atoms with E-state index in [0.717, 1.165) is 5.92 Å². The van der Waals surface area contributed by atoms with E-state index in [2.05, 4.69) is 26.8 Å². The molecule has 64 valence electrons. The molecule has 2 atom stereocenters. The van der Waals surface area contributed by atoms with Gasteiger partial charge in [-0.3, -0.25) is 0 Å². The molecule has 0 spiro atoms. The smallest absolute Gasteiger partial charge is 0.0986 e. The van der Waals surface area contributed by atoms with Crippen molar-refractivity contribution in [2.45, 2.75) is 39.7 Å². The van der Waals surface area contributed by atoms with Crippen LogP contribution < -0.4 is 0 Å². The van der Waals surface area contributed by atoms with E-state index in [9.17, 15) is 0 Å². The summed E-state index contributed by atoms with van der Waals surface area (Å²) in [6.45, 7) is 6.73. The van der Waals surface area contributed by atoms with Gasteiger partial charge in [0, 0.05) is 0 Å². The van der Waals surface area contributed by atoms with Gasteiger partial charge in [0.1, 0.15) is 0 Å². The van der Waals surface area contributed by atoms with Crippen molar-refractivity contribution in [2.75, 3.05) is 0 Å². The van der Waals surface area contributed by atoms with Gasteiger partial charge in [0.2, 0.25) is 0 Å². The molecule has 0 amide bonds. The van der Waals surface area contributed by atoms with Gasteiger partial charge in [-0.25, -0.2) is 0 Å². The third-order valence-electron chi connectivity index (χ3n) is 2.05. The molecular formula is C10H18O. The molecule has 0 aromatic carbocycles. The van der Waals surface area contributed by atoms with Gasteiger partial charge in [-0.1, -0.05) is 20.8 Å². The number of hydrogen-bond donors (Lipinski definition) is 0. The maximum Gasteiger partial charge on any atom is 0.0986 e. The summed E-state index contributed by atoms with van der Waals surface area (Å²) in [6, 6.07) is 0. The molecule has 0 radical (unpaired) electrons. The van der Waals surface area contributed by atoms with Crippen LogP contribution in [0.3, 0.4) is 0 Å². The molecule has 0 aliphatic carbocycles. The molecule has 1 heterocycles. The fraction of sp³-hybridized carbons (Fsp3) is 0.800. The highest BCUT2D eigenvalue weighted by molar-refractivity contribution is 4.88. The Morgan fingerprint density at radius 1 is 1.55 bits per heavy atom. The quantitative estimate of drug-likeness (QED) is 0.594. The first kappa shape index (κ1) is 8.63. The minimum Gasteiger partial charge on any atom is -0.498 e. The summed E-state index contributed by atoms with van der Waals surface area (Å²) < 4.78 is 5.48. The van der Waals surface area contributed by atoms with E-state index >= 15 is 0 Å². The average Bonchev–Trinajstić information content (AvgIpc) is 1.85.